The maximum absolute atomic E-state index is 13.1. The van der Waals surface area contributed by atoms with Crippen molar-refractivity contribution in [1.29, 1.82) is 0 Å². The number of rotatable bonds is 3. The van der Waals surface area contributed by atoms with E-state index >= 15 is 0 Å². The average Bonchev–Trinajstić information content (AvgIpc) is 2.10. The Hall–Kier alpha value is -0.890. The highest BCUT2D eigenvalue weighted by atomic mass is 19.1. The first-order valence-electron chi connectivity index (χ1n) is 4.59. The number of hydrogen-bond donors (Lipinski definition) is 1. The maximum atomic E-state index is 13.1. The molecule has 0 spiro atoms. The van der Waals surface area contributed by atoms with Gasteiger partial charge in [-0.05, 0) is 30.5 Å². The minimum Gasteiger partial charge on any atom is -0.388 e. The summed E-state index contributed by atoms with van der Waals surface area (Å²) >= 11 is 0. The minimum absolute atomic E-state index is 0.243. The minimum atomic E-state index is -0.528. The Morgan fingerprint density at radius 3 is 2.69 bits per heavy atom. The van der Waals surface area contributed by atoms with E-state index in [0.717, 1.165) is 6.42 Å². The predicted molar refractivity (Wildman–Crippen MR) is 51.0 cm³/mol. The van der Waals surface area contributed by atoms with Gasteiger partial charge in [0.25, 0.3) is 0 Å². The molecule has 2 heteroatoms. The molecule has 0 fully saturated rings. The monoisotopic (exact) mass is 182 g/mol. The summed E-state index contributed by atoms with van der Waals surface area (Å²) in [6.07, 6.45) is 1.05. The lowest BCUT2D eigenvalue weighted by atomic mass is 10.0. The van der Waals surface area contributed by atoms with Crippen LogP contribution >= 0.6 is 0 Å². The molecule has 1 nitrogen and oxygen atoms in total. The smallest absolute Gasteiger partial charge is 0.126 e. The van der Waals surface area contributed by atoms with Crippen LogP contribution in [0, 0.1) is 12.7 Å². The molecule has 0 amide bonds. The summed E-state index contributed by atoms with van der Waals surface area (Å²) in [5, 5.41) is 9.57. The molecule has 13 heavy (non-hydrogen) atoms. The normalized spacial score (nSPS) is 12.9. The van der Waals surface area contributed by atoms with E-state index in [0.29, 0.717) is 17.5 Å². The van der Waals surface area contributed by atoms with Gasteiger partial charge in [-0.1, -0.05) is 25.5 Å². The molecule has 0 aliphatic heterocycles. The van der Waals surface area contributed by atoms with E-state index in [1.165, 1.54) is 6.07 Å². The van der Waals surface area contributed by atoms with Gasteiger partial charge in [0.2, 0.25) is 0 Å². The first-order chi connectivity index (χ1) is 6.15. The van der Waals surface area contributed by atoms with Crippen LogP contribution in [0.4, 0.5) is 4.39 Å². The third-order valence-corrected chi connectivity index (χ3v) is 2.14. The van der Waals surface area contributed by atoms with Gasteiger partial charge in [0.15, 0.2) is 0 Å². The number of benzene rings is 1. The number of halogens is 1. The Morgan fingerprint density at radius 2 is 2.15 bits per heavy atom. The van der Waals surface area contributed by atoms with Gasteiger partial charge in [-0.25, -0.2) is 4.39 Å². The average molecular weight is 182 g/mol. The Labute approximate surface area is 78.2 Å². The highest BCUT2D eigenvalue weighted by molar-refractivity contribution is 5.24. The van der Waals surface area contributed by atoms with Crippen LogP contribution in [0.15, 0.2) is 18.2 Å². The largest absolute Gasteiger partial charge is 0.388 e. The molecule has 0 bridgehead atoms. The Kier molecular flexibility index (Phi) is 3.43. The van der Waals surface area contributed by atoms with Gasteiger partial charge < -0.3 is 5.11 Å². The molecule has 0 saturated carbocycles. The molecule has 72 valence electrons. The van der Waals surface area contributed by atoms with Crippen molar-refractivity contribution in [3.63, 3.8) is 0 Å². The molecular formula is C11H15FO. The summed E-state index contributed by atoms with van der Waals surface area (Å²) in [7, 11) is 0. The zero-order chi connectivity index (χ0) is 9.84. The van der Waals surface area contributed by atoms with E-state index in [4.69, 9.17) is 0 Å². The van der Waals surface area contributed by atoms with E-state index in [-0.39, 0.29) is 5.82 Å². The molecule has 0 aromatic heterocycles. The van der Waals surface area contributed by atoms with Crippen LogP contribution < -0.4 is 0 Å². The number of aryl methyl sites for hydroxylation is 1. The van der Waals surface area contributed by atoms with Crippen molar-refractivity contribution in [2.24, 2.45) is 0 Å². The summed E-state index contributed by atoms with van der Waals surface area (Å²) in [5.74, 6) is -0.243. The van der Waals surface area contributed by atoms with Crippen molar-refractivity contribution in [1.82, 2.24) is 0 Å². The van der Waals surface area contributed by atoms with Crippen molar-refractivity contribution >= 4 is 0 Å². The zero-order valence-electron chi connectivity index (χ0n) is 8.05. The molecule has 0 heterocycles. The van der Waals surface area contributed by atoms with Crippen LogP contribution in [0.3, 0.4) is 0 Å². The lowest BCUT2D eigenvalue weighted by Gasteiger charge is -2.09. The molecule has 1 N–H and O–H groups in total. The highest BCUT2D eigenvalue weighted by Gasteiger charge is 2.07. The van der Waals surface area contributed by atoms with E-state index in [1.54, 1.807) is 19.1 Å². The van der Waals surface area contributed by atoms with Gasteiger partial charge in [-0.3, -0.25) is 0 Å². The number of aliphatic hydroxyl groups excluding tert-OH is 1. The molecule has 0 saturated heterocycles. The molecule has 1 aromatic rings. The van der Waals surface area contributed by atoms with Gasteiger partial charge in [-0.2, -0.15) is 0 Å². The topological polar surface area (TPSA) is 20.2 Å². The second kappa shape index (κ2) is 4.38. The summed E-state index contributed by atoms with van der Waals surface area (Å²) in [6, 6.07) is 4.89. The first-order valence-corrected chi connectivity index (χ1v) is 4.59. The quantitative estimate of drug-likeness (QED) is 0.762. The van der Waals surface area contributed by atoms with E-state index in [1.807, 2.05) is 6.92 Å². The molecule has 0 aliphatic rings. The second-order valence-electron chi connectivity index (χ2n) is 3.31. The Morgan fingerprint density at radius 1 is 1.46 bits per heavy atom. The molecule has 0 unspecified atom stereocenters. The second-order valence-corrected chi connectivity index (χ2v) is 3.31. The fourth-order valence-corrected chi connectivity index (χ4v) is 1.26. The Bertz CT molecular complexity index is 283. The van der Waals surface area contributed by atoms with E-state index in [9.17, 15) is 9.50 Å². The van der Waals surface area contributed by atoms with E-state index in [2.05, 4.69) is 0 Å². The van der Waals surface area contributed by atoms with Gasteiger partial charge in [0.05, 0.1) is 6.10 Å². The van der Waals surface area contributed by atoms with Crippen LogP contribution in [-0.4, -0.2) is 5.11 Å². The van der Waals surface area contributed by atoms with Gasteiger partial charge in [0.1, 0.15) is 5.82 Å². The van der Waals surface area contributed by atoms with Crippen molar-refractivity contribution in [3.05, 3.63) is 35.1 Å². The van der Waals surface area contributed by atoms with E-state index < -0.39 is 6.10 Å². The first kappa shape index (κ1) is 10.2. The van der Waals surface area contributed by atoms with Crippen LogP contribution in [0.2, 0.25) is 0 Å². The SMILES string of the molecule is CCC[C@H](O)c1ccc(C)c(F)c1. The van der Waals surface area contributed by atoms with Gasteiger partial charge in [0, 0.05) is 0 Å². The molecule has 1 atom stereocenters. The molecule has 1 rings (SSSR count). The van der Waals surface area contributed by atoms with Crippen LogP contribution in [0.25, 0.3) is 0 Å². The fourth-order valence-electron chi connectivity index (χ4n) is 1.26. The molecular weight excluding hydrogens is 167 g/mol. The summed E-state index contributed by atoms with van der Waals surface area (Å²) in [4.78, 5) is 0. The standard InChI is InChI=1S/C11H15FO/c1-3-4-11(13)9-6-5-8(2)10(12)7-9/h5-7,11,13H,3-4H2,1-2H3/t11-/m0/s1. The third-order valence-electron chi connectivity index (χ3n) is 2.14. The number of aliphatic hydroxyl groups is 1. The fraction of sp³-hybridized carbons (Fsp3) is 0.455. The van der Waals surface area contributed by atoms with Gasteiger partial charge >= 0.3 is 0 Å². The lowest BCUT2D eigenvalue weighted by molar-refractivity contribution is 0.166. The van der Waals surface area contributed by atoms with Gasteiger partial charge in [-0.15, -0.1) is 0 Å². The van der Waals surface area contributed by atoms with Crippen LogP contribution in [-0.2, 0) is 0 Å². The highest BCUT2D eigenvalue weighted by Crippen LogP contribution is 2.20. The summed E-state index contributed by atoms with van der Waals surface area (Å²) < 4.78 is 13.1. The third kappa shape index (κ3) is 2.52. The van der Waals surface area contributed by atoms with Crippen molar-refractivity contribution in [2.45, 2.75) is 32.8 Å². The van der Waals surface area contributed by atoms with Crippen LogP contribution in [0.5, 0.6) is 0 Å². The predicted octanol–water partition coefficient (Wildman–Crippen LogP) is 2.97. The van der Waals surface area contributed by atoms with Crippen LogP contribution in [0.1, 0.15) is 37.0 Å². The Balaban J connectivity index is 2.84. The van der Waals surface area contributed by atoms with Crippen molar-refractivity contribution in [2.75, 3.05) is 0 Å². The van der Waals surface area contributed by atoms with Crippen molar-refractivity contribution in [3.8, 4) is 0 Å². The molecule has 1 aromatic carbocycles. The van der Waals surface area contributed by atoms with Crippen molar-refractivity contribution < 1.29 is 9.50 Å². The zero-order valence-corrected chi connectivity index (χ0v) is 8.05. The summed E-state index contributed by atoms with van der Waals surface area (Å²) in [5.41, 5.74) is 1.29. The number of hydrogen-bond acceptors (Lipinski definition) is 1. The molecule has 0 aliphatic carbocycles. The molecule has 0 radical (unpaired) electrons. The maximum Gasteiger partial charge on any atom is 0.126 e. The summed E-state index contributed by atoms with van der Waals surface area (Å²) in [6.45, 7) is 3.71. The lowest BCUT2D eigenvalue weighted by Crippen LogP contribution is -1.97.